The Morgan fingerprint density at radius 1 is 1.25 bits per heavy atom. The summed E-state index contributed by atoms with van der Waals surface area (Å²) in [5, 5.41) is 0. The van der Waals surface area contributed by atoms with Crippen LogP contribution in [0.3, 0.4) is 0 Å². The van der Waals surface area contributed by atoms with Gasteiger partial charge in [0.15, 0.2) is 5.75 Å². The second-order valence-corrected chi connectivity index (χ2v) is 3.40. The molecule has 0 atom stereocenters. The molecule has 0 aliphatic heterocycles. The fraction of sp³-hybridized carbons (Fsp3) is 0.167. The van der Waals surface area contributed by atoms with Gasteiger partial charge in [-0.25, -0.2) is 4.98 Å². The normalized spacial score (nSPS) is 10.1. The predicted molar refractivity (Wildman–Crippen MR) is 61.2 cm³/mol. The molecule has 0 aromatic carbocycles. The van der Waals surface area contributed by atoms with Crippen molar-refractivity contribution in [3.63, 3.8) is 0 Å². The molecule has 16 heavy (non-hydrogen) atoms. The van der Waals surface area contributed by atoms with E-state index in [9.17, 15) is 0 Å². The van der Waals surface area contributed by atoms with Gasteiger partial charge in [0.25, 0.3) is 0 Å². The van der Waals surface area contributed by atoms with Gasteiger partial charge < -0.3 is 10.5 Å². The molecule has 2 aromatic rings. The Labute approximate surface area is 94.1 Å². The molecule has 0 unspecified atom stereocenters. The zero-order valence-electron chi connectivity index (χ0n) is 9.05. The second kappa shape index (κ2) is 4.72. The van der Waals surface area contributed by atoms with Crippen molar-refractivity contribution < 1.29 is 4.74 Å². The van der Waals surface area contributed by atoms with Crippen molar-refractivity contribution in [1.82, 2.24) is 9.97 Å². The third kappa shape index (κ3) is 2.35. The van der Waals surface area contributed by atoms with Gasteiger partial charge in [-0.15, -0.1) is 0 Å². The van der Waals surface area contributed by atoms with E-state index in [-0.39, 0.29) is 0 Å². The molecule has 2 rings (SSSR count). The van der Waals surface area contributed by atoms with E-state index in [1.165, 1.54) is 0 Å². The lowest BCUT2D eigenvalue weighted by Gasteiger charge is -2.07. The lowest BCUT2D eigenvalue weighted by Crippen LogP contribution is -1.98. The maximum atomic E-state index is 5.62. The van der Waals surface area contributed by atoms with Gasteiger partial charge in [0.1, 0.15) is 0 Å². The maximum Gasteiger partial charge on any atom is 0.219 e. The maximum absolute atomic E-state index is 5.62. The number of pyridine rings is 2. The average molecular weight is 215 g/mol. The van der Waals surface area contributed by atoms with E-state index in [1.54, 1.807) is 12.4 Å². The minimum atomic E-state index is 0.477. The molecular weight excluding hydrogens is 202 g/mol. The summed E-state index contributed by atoms with van der Waals surface area (Å²) in [5.74, 6) is 1.25. The Balaban J connectivity index is 2.24. The first kappa shape index (κ1) is 10.6. The zero-order valence-corrected chi connectivity index (χ0v) is 9.05. The Bertz CT molecular complexity index is 485. The molecule has 2 heterocycles. The number of aryl methyl sites for hydroxylation is 1. The van der Waals surface area contributed by atoms with Crippen molar-refractivity contribution in [2.45, 2.75) is 13.5 Å². The smallest absolute Gasteiger partial charge is 0.219 e. The van der Waals surface area contributed by atoms with E-state index >= 15 is 0 Å². The van der Waals surface area contributed by atoms with Crippen molar-refractivity contribution in [2.24, 2.45) is 5.73 Å². The van der Waals surface area contributed by atoms with Crippen LogP contribution in [0.4, 0.5) is 0 Å². The van der Waals surface area contributed by atoms with Crippen LogP contribution in [-0.4, -0.2) is 9.97 Å². The highest BCUT2D eigenvalue weighted by Crippen LogP contribution is 2.21. The third-order valence-corrected chi connectivity index (χ3v) is 2.21. The molecule has 2 aromatic heterocycles. The minimum Gasteiger partial charge on any atom is -0.437 e. The Kier molecular flexibility index (Phi) is 3.12. The highest BCUT2D eigenvalue weighted by atomic mass is 16.5. The number of aromatic nitrogens is 2. The Morgan fingerprint density at radius 3 is 2.88 bits per heavy atom. The highest BCUT2D eigenvalue weighted by molar-refractivity contribution is 5.31. The zero-order chi connectivity index (χ0) is 11.4. The molecule has 0 fully saturated rings. The van der Waals surface area contributed by atoms with Crippen molar-refractivity contribution >= 4 is 0 Å². The standard InChI is InChI=1S/C12H13N3O/c1-9-11(3-2-5-14-9)16-12-7-10(8-13)4-6-15-12/h2-7H,8,13H2,1H3. The van der Waals surface area contributed by atoms with Crippen molar-refractivity contribution in [3.05, 3.63) is 47.9 Å². The number of hydrogen-bond acceptors (Lipinski definition) is 4. The van der Waals surface area contributed by atoms with E-state index in [1.807, 2.05) is 31.2 Å². The van der Waals surface area contributed by atoms with E-state index in [0.717, 1.165) is 11.3 Å². The van der Waals surface area contributed by atoms with Crippen LogP contribution >= 0.6 is 0 Å². The Hall–Kier alpha value is -1.94. The largest absolute Gasteiger partial charge is 0.437 e. The number of nitrogens with zero attached hydrogens (tertiary/aromatic N) is 2. The molecule has 0 saturated carbocycles. The van der Waals surface area contributed by atoms with E-state index in [2.05, 4.69) is 9.97 Å². The average Bonchev–Trinajstić information content (AvgIpc) is 2.32. The van der Waals surface area contributed by atoms with Crippen LogP contribution in [0.5, 0.6) is 11.6 Å². The molecule has 4 heteroatoms. The van der Waals surface area contributed by atoms with Gasteiger partial charge in [-0.3, -0.25) is 4.98 Å². The predicted octanol–water partition coefficient (Wildman–Crippen LogP) is 2.04. The molecule has 0 saturated heterocycles. The van der Waals surface area contributed by atoms with Gasteiger partial charge in [0, 0.05) is 25.0 Å². The van der Waals surface area contributed by atoms with Crippen LogP contribution in [0.15, 0.2) is 36.7 Å². The minimum absolute atomic E-state index is 0.477. The van der Waals surface area contributed by atoms with Crippen LogP contribution in [-0.2, 0) is 6.54 Å². The fourth-order valence-corrected chi connectivity index (χ4v) is 1.32. The van der Waals surface area contributed by atoms with Crippen molar-refractivity contribution in [3.8, 4) is 11.6 Å². The van der Waals surface area contributed by atoms with Gasteiger partial charge in [0.05, 0.1) is 5.69 Å². The summed E-state index contributed by atoms with van der Waals surface area (Å²) in [7, 11) is 0. The van der Waals surface area contributed by atoms with Crippen molar-refractivity contribution in [2.75, 3.05) is 0 Å². The summed E-state index contributed by atoms with van der Waals surface area (Å²) in [5.41, 5.74) is 7.37. The monoisotopic (exact) mass is 215 g/mol. The number of rotatable bonds is 3. The first-order chi connectivity index (χ1) is 7.79. The van der Waals surface area contributed by atoms with Gasteiger partial charge in [-0.1, -0.05) is 0 Å². The molecule has 0 aliphatic carbocycles. The summed E-state index contributed by atoms with van der Waals surface area (Å²) in [6.07, 6.45) is 3.41. The summed E-state index contributed by atoms with van der Waals surface area (Å²) in [4.78, 5) is 8.26. The quantitative estimate of drug-likeness (QED) is 0.851. The fourth-order valence-electron chi connectivity index (χ4n) is 1.32. The van der Waals surface area contributed by atoms with Gasteiger partial charge >= 0.3 is 0 Å². The van der Waals surface area contributed by atoms with E-state index in [4.69, 9.17) is 10.5 Å². The van der Waals surface area contributed by atoms with Crippen LogP contribution in [0, 0.1) is 6.92 Å². The lowest BCUT2D eigenvalue weighted by molar-refractivity contribution is 0.456. The molecule has 0 amide bonds. The van der Waals surface area contributed by atoms with Gasteiger partial charge in [-0.2, -0.15) is 0 Å². The van der Waals surface area contributed by atoms with Gasteiger partial charge in [0.2, 0.25) is 5.88 Å². The van der Waals surface area contributed by atoms with Gasteiger partial charge in [-0.05, 0) is 30.7 Å². The van der Waals surface area contributed by atoms with Crippen LogP contribution in [0.25, 0.3) is 0 Å². The van der Waals surface area contributed by atoms with Crippen molar-refractivity contribution in [1.29, 1.82) is 0 Å². The Morgan fingerprint density at radius 2 is 2.12 bits per heavy atom. The summed E-state index contributed by atoms with van der Waals surface area (Å²) in [6, 6.07) is 7.38. The number of ether oxygens (including phenoxy) is 1. The van der Waals surface area contributed by atoms with Crippen LogP contribution in [0.1, 0.15) is 11.3 Å². The third-order valence-electron chi connectivity index (χ3n) is 2.21. The number of nitrogens with two attached hydrogens (primary N) is 1. The van der Waals surface area contributed by atoms with E-state index < -0.39 is 0 Å². The molecule has 0 spiro atoms. The molecule has 0 radical (unpaired) electrons. The molecule has 4 nitrogen and oxygen atoms in total. The summed E-state index contributed by atoms with van der Waals surface area (Å²) in [6.45, 7) is 2.37. The highest BCUT2D eigenvalue weighted by Gasteiger charge is 2.02. The first-order valence-corrected chi connectivity index (χ1v) is 5.04. The number of hydrogen-bond donors (Lipinski definition) is 1. The van der Waals surface area contributed by atoms with E-state index in [0.29, 0.717) is 18.2 Å². The molecule has 0 bridgehead atoms. The molecule has 82 valence electrons. The van der Waals surface area contributed by atoms with Crippen LogP contribution < -0.4 is 10.5 Å². The second-order valence-electron chi connectivity index (χ2n) is 3.40. The summed E-state index contributed by atoms with van der Waals surface area (Å²) >= 11 is 0. The summed E-state index contributed by atoms with van der Waals surface area (Å²) < 4.78 is 5.62. The topological polar surface area (TPSA) is 61.0 Å². The SMILES string of the molecule is Cc1ncccc1Oc1cc(CN)ccn1. The molecule has 2 N–H and O–H groups in total. The molecule has 0 aliphatic rings. The lowest BCUT2D eigenvalue weighted by atomic mass is 10.3. The first-order valence-electron chi connectivity index (χ1n) is 5.04. The van der Waals surface area contributed by atoms with Crippen LogP contribution in [0.2, 0.25) is 0 Å². The molecular formula is C12H13N3O.